The molecule has 0 unspecified atom stereocenters. The number of aliphatic hydroxyl groups excluding tert-OH is 1. The first-order valence-electron chi connectivity index (χ1n) is 20.3. The fraction of sp³-hybridized carbons (Fsp3) is 0.405. The number of amides is 3. The molecule has 2 aromatic carbocycles. The number of aryl methyl sites for hydroxylation is 4. The molecule has 1 fully saturated rings. The largest absolute Gasteiger partial charge is 0.494 e. The predicted molar refractivity (Wildman–Crippen MR) is 228 cm³/mol. The molecule has 6 aromatic rings. The molecule has 3 amide bonds. The van der Waals surface area contributed by atoms with E-state index in [0.717, 1.165) is 26.1 Å². The van der Waals surface area contributed by atoms with E-state index < -0.39 is 11.8 Å². The summed E-state index contributed by atoms with van der Waals surface area (Å²) < 4.78 is 24.5. The second-order valence-corrected chi connectivity index (χ2v) is 14.6. The standard InChI is InChI=1S/C42H52N12O7/c1-6-53-32(19-26(3)48-53)39(57)46-41-44-30-21-28(25-55)22-34(59-5)36(30)51(41)12-8-9-13-52-37-31(45-42(52)47-40(58)33-20-27(4)49-54(33)7-2)23-29(38(43)56)24-35(37)61-16-10-11-50-14-17-60-18-15-50/h8-9,19-24,55H,6-7,10-18,25H2,1-5H3,(H2,43,56)(H,44,46,57)(H,45,47,58)/b9-8+. The maximum absolute atomic E-state index is 13.8. The summed E-state index contributed by atoms with van der Waals surface area (Å²) in [5.74, 6) is -0.116. The average molecular weight is 837 g/mol. The van der Waals surface area contributed by atoms with E-state index in [9.17, 15) is 19.5 Å². The minimum Gasteiger partial charge on any atom is -0.494 e. The highest BCUT2D eigenvalue weighted by Crippen LogP contribution is 2.33. The minimum absolute atomic E-state index is 0.202. The maximum atomic E-state index is 13.8. The monoisotopic (exact) mass is 836 g/mol. The summed E-state index contributed by atoms with van der Waals surface area (Å²) >= 11 is 0. The van der Waals surface area contributed by atoms with Crippen molar-refractivity contribution in [3.63, 3.8) is 0 Å². The van der Waals surface area contributed by atoms with Gasteiger partial charge >= 0.3 is 0 Å². The number of morpholine rings is 1. The first-order valence-corrected chi connectivity index (χ1v) is 20.3. The molecule has 0 bridgehead atoms. The number of hydrogen-bond donors (Lipinski definition) is 4. The van der Waals surface area contributed by atoms with Gasteiger partial charge in [0.25, 0.3) is 11.8 Å². The number of nitrogens with zero attached hydrogens (tertiary/aromatic N) is 9. The van der Waals surface area contributed by atoms with Gasteiger partial charge in [0.05, 0.1) is 56.0 Å². The van der Waals surface area contributed by atoms with Crippen molar-refractivity contribution in [3.05, 3.63) is 82.5 Å². The first kappa shape index (κ1) is 42.6. The summed E-state index contributed by atoms with van der Waals surface area (Å²) in [7, 11) is 1.53. The van der Waals surface area contributed by atoms with Crippen molar-refractivity contribution in [2.75, 3.05) is 57.2 Å². The summed E-state index contributed by atoms with van der Waals surface area (Å²) in [6, 6.07) is 10.1. The lowest BCUT2D eigenvalue weighted by Crippen LogP contribution is -2.37. The Hall–Kier alpha value is -6.57. The SMILES string of the molecule is CCn1nc(C)cc1C(=O)Nc1nc2cc(CO)cc(OC)c2n1C/C=C/Cn1c(NC(=O)c2cc(C)nn2CC)nc2cc(C(N)=O)cc(OCCCN3CCOCC3)c21. The van der Waals surface area contributed by atoms with E-state index in [1.807, 2.05) is 49.0 Å². The molecule has 0 saturated carbocycles. The third-order valence-corrected chi connectivity index (χ3v) is 10.4. The van der Waals surface area contributed by atoms with Gasteiger partial charge in [0, 0.05) is 51.4 Å². The van der Waals surface area contributed by atoms with Gasteiger partial charge in [0.1, 0.15) is 33.9 Å². The molecule has 0 spiro atoms. The fourth-order valence-corrected chi connectivity index (χ4v) is 7.49. The lowest BCUT2D eigenvalue weighted by atomic mass is 10.1. The quantitative estimate of drug-likeness (QED) is 0.0715. The summed E-state index contributed by atoms with van der Waals surface area (Å²) in [4.78, 5) is 51.9. The van der Waals surface area contributed by atoms with Crippen molar-refractivity contribution in [2.24, 2.45) is 5.73 Å². The Morgan fingerprint density at radius 1 is 0.820 bits per heavy atom. The van der Waals surface area contributed by atoms with Crippen LogP contribution < -0.4 is 25.8 Å². The molecule has 1 saturated heterocycles. The highest BCUT2D eigenvalue weighted by atomic mass is 16.5. The number of benzene rings is 2. The number of imidazole rings is 2. The molecule has 1 aliphatic heterocycles. The zero-order valence-electron chi connectivity index (χ0n) is 35.1. The molecule has 61 heavy (non-hydrogen) atoms. The molecule has 5 N–H and O–H groups in total. The number of nitrogens with one attached hydrogen (secondary N) is 2. The van der Waals surface area contributed by atoms with Crippen LogP contribution in [0.3, 0.4) is 0 Å². The van der Waals surface area contributed by atoms with Gasteiger partial charge < -0.3 is 34.2 Å². The van der Waals surface area contributed by atoms with Crippen LogP contribution in [0.4, 0.5) is 11.9 Å². The third-order valence-electron chi connectivity index (χ3n) is 10.4. The summed E-state index contributed by atoms with van der Waals surface area (Å²) in [6.07, 6.45) is 4.51. The van der Waals surface area contributed by atoms with Crippen molar-refractivity contribution >= 4 is 51.7 Å². The molecule has 0 atom stereocenters. The van der Waals surface area contributed by atoms with Gasteiger partial charge in [0.2, 0.25) is 17.8 Å². The van der Waals surface area contributed by atoms with E-state index in [2.05, 4.69) is 25.7 Å². The van der Waals surface area contributed by atoms with Gasteiger partial charge in [-0.25, -0.2) is 9.97 Å². The second kappa shape index (κ2) is 18.8. The molecular weight excluding hydrogens is 785 g/mol. The highest BCUT2D eigenvalue weighted by molar-refractivity contribution is 6.05. The van der Waals surface area contributed by atoms with Crippen molar-refractivity contribution in [1.82, 2.24) is 43.6 Å². The summed E-state index contributed by atoms with van der Waals surface area (Å²) in [6.45, 7) is 12.9. The van der Waals surface area contributed by atoms with Gasteiger partial charge in [-0.3, -0.25) is 39.3 Å². The number of fused-ring (bicyclic) bond motifs is 2. The van der Waals surface area contributed by atoms with E-state index >= 15 is 0 Å². The average Bonchev–Trinajstić information content (AvgIpc) is 4.02. The predicted octanol–water partition coefficient (Wildman–Crippen LogP) is 3.90. The number of methoxy groups -OCH3 is 1. The van der Waals surface area contributed by atoms with Crippen LogP contribution in [0.15, 0.2) is 48.6 Å². The van der Waals surface area contributed by atoms with Crippen LogP contribution in [0.1, 0.15) is 68.6 Å². The van der Waals surface area contributed by atoms with E-state index in [4.69, 9.17) is 29.9 Å². The highest BCUT2D eigenvalue weighted by Gasteiger charge is 2.23. The number of hydrogen-bond acceptors (Lipinski definition) is 12. The Bertz CT molecular complexity index is 2600. The molecule has 322 valence electrons. The fourth-order valence-electron chi connectivity index (χ4n) is 7.49. The number of nitrogens with two attached hydrogens (primary N) is 1. The molecule has 5 heterocycles. The van der Waals surface area contributed by atoms with E-state index in [0.29, 0.717) is 94.8 Å². The Balaban J connectivity index is 1.24. The molecule has 19 nitrogen and oxygen atoms in total. The molecule has 4 aromatic heterocycles. The molecule has 0 aliphatic carbocycles. The third kappa shape index (κ3) is 9.28. The van der Waals surface area contributed by atoms with Gasteiger partial charge in [-0.15, -0.1) is 0 Å². The maximum Gasteiger partial charge on any atom is 0.276 e. The van der Waals surface area contributed by atoms with Crippen LogP contribution in [-0.2, 0) is 37.5 Å². The molecule has 1 aliphatic rings. The van der Waals surface area contributed by atoms with Crippen molar-refractivity contribution in [3.8, 4) is 11.5 Å². The lowest BCUT2D eigenvalue weighted by molar-refractivity contribution is 0.0358. The smallest absolute Gasteiger partial charge is 0.276 e. The van der Waals surface area contributed by atoms with Crippen LogP contribution in [0.5, 0.6) is 11.5 Å². The topological polar surface area (TPSA) is 224 Å². The number of aliphatic hydroxyl groups is 1. The minimum atomic E-state index is -0.645. The molecule has 7 rings (SSSR count). The molecule has 0 radical (unpaired) electrons. The Morgan fingerprint density at radius 3 is 1.90 bits per heavy atom. The number of carbonyl (C=O) groups is 3. The van der Waals surface area contributed by atoms with Crippen molar-refractivity contribution in [2.45, 2.75) is 66.9 Å². The number of rotatable bonds is 18. The zero-order chi connectivity index (χ0) is 43.2. The van der Waals surface area contributed by atoms with Gasteiger partial charge in [-0.1, -0.05) is 12.2 Å². The van der Waals surface area contributed by atoms with E-state index in [1.165, 1.54) is 7.11 Å². The van der Waals surface area contributed by atoms with Crippen LogP contribution >= 0.6 is 0 Å². The van der Waals surface area contributed by atoms with Crippen LogP contribution in [0.2, 0.25) is 0 Å². The Kier molecular flexibility index (Phi) is 13.1. The number of primary amides is 1. The summed E-state index contributed by atoms with van der Waals surface area (Å²) in [5, 5.41) is 24.8. The number of aromatic nitrogens is 8. The van der Waals surface area contributed by atoms with Crippen LogP contribution in [0.25, 0.3) is 22.1 Å². The van der Waals surface area contributed by atoms with Gasteiger partial charge in [-0.05, 0) is 76.1 Å². The molecular formula is C42H52N12O7. The van der Waals surface area contributed by atoms with Gasteiger partial charge in [-0.2, -0.15) is 10.2 Å². The number of allylic oxidation sites excluding steroid dienone is 2. The number of carbonyl (C=O) groups excluding carboxylic acids is 3. The first-order chi connectivity index (χ1) is 29.5. The molecule has 19 heteroatoms. The Morgan fingerprint density at radius 2 is 1.38 bits per heavy atom. The van der Waals surface area contributed by atoms with E-state index in [1.54, 1.807) is 45.8 Å². The zero-order valence-corrected chi connectivity index (χ0v) is 35.1. The summed E-state index contributed by atoms with van der Waals surface area (Å²) in [5.41, 5.74) is 10.8. The number of ether oxygens (including phenoxy) is 3. The number of anilines is 2. The van der Waals surface area contributed by atoms with Crippen LogP contribution in [-0.4, -0.2) is 113 Å². The van der Waals surface area contributed by atoms with E-state index in [-0.39, 0.29) is 43.1 Å². The van der Waals surface area contributed by atoms with Crippen LogP contribution in [0, 0.1) is 13.8 Å². The van der Waals surface area contributed by atoms with Gasteiger partial charge in [0.15, 0.2) is 0 Å². The van der Waals surface area contributed by atoms with Crippen molar-refractivity contribution < 1.29 is 33.7 Å². The Labute approximate surface area is 352 Å². The van der Waals surface area contributed by atoms with Crippen molar-refractivity contribution in [1.29, 1.82) is 0 Å². The second-order valence-electron chi connectivity index (χ2n) is 14.6. The normalized spacial score (nSPS) is 13.4. The lowest BCUT2D eigenvalue weighted by Gasteiger charge is -2.26.